The average Bonchev–Trinajstić information content (AvgIpc) is 2.85. The Balaban J connectivity index is 2.42. The highest BCUT2D eigenvalue weighted by Crippen LogP contribution is 2.25. The summed E-state index contributed by atoms with van der Waals surface area (Å²) in [6.45, 7) is 6.49. The maximum Gasteiger partial charge on any atom is 0.356 e. The molecule has 0 atom stereocenters. The minimum Gasteiger partial charge on any atom is -0.494 e. The minimum absolute atomic E-state index is 0.0579. The van der Waals surface area contributed by atoms with Gasteiger partial charge in [-0.25, -0.2) is 4.79 Å². The molecule has 0 fully saturated rings. The van der Waals surface area contributed by atoms with Gasteiger partial charge >= 0.3 is 5.97 Å². The van der Waals surface area contributed by atoms with E-state index in [2.05, 4.69) is 5.10 Å². The molecule has 0 amide bonds. The Kier molecular flexibility index (Phi) is 4.08. The van der Waals surface area contributed by atoms with Crippen LogP contribution in [0.25, 0.3) is 11.3 Å². The number of ether oxygens (including phenoxy) is 1. The standard InChI is InChI=1S/C15H18N2O3/c1-4-20-12-7-5-11(6-8-12)14-9-13(15(18)19)16-17(14)10(2)3/h5-10H,4H2,1-3H3,(H,18,19). The van der Waals surface area contributed by atoms with Crippen molar-refractivity contribution in [3.05, 3.63) is 36.0 Å². The molecule has 0 aliphatic carbocycles. The van der Waals surface area contributed by atoms with Gasteiger partial charge in [-0.3, -0.25) is 4.68 Å². The molecule has 2 aromatic rings. The fourth-order valence-electron chi connectivity index (χ4n) is 2.00. The largest absolute Gasteiger partial charge is 0.494 e. The van der Waals surface area contributed by atoms with Crippen LogP contribution in [0.1, 0.15) is 37.3 Å². The van der Waals surface area contributed by atoms with Gasteiger partial charge in [-0.2, -0.15) is 5.10 Å². The van der Waals surface area contributed by atoms with E-state index in [4.69, 9.17) is 9.84 Å². The molecule has 0 spiro atoms. The molecule has 1 aromatic heterocycles. The van der Waals surface area contributed by atoms with E-state index in [0.717, 1.165) is 17.0 Å². The second-order valence-electron chi connectivity index (χ2n) is 4.72. The van der Waals surface area contributed by atoms with Crippen LogP contribution < -0.4 is 4.74 Å². The molecule has 0 aliphatic heterocycles. The number of rotatable bonds is 5. The Bertz CT molecular complexity index is 600. The topological polar surface area (TPSA) is 64.3 Å². The third-order valence-electron chi connectivity index (χ3n) is 2.91. The van der Waals surface area contributed by atoms with E-state index >= 15 is 0 Å². The number of carboxylic acids is 1. The zero-order chi connectivity index (χ0) is 14.7. The molecule has 5 heteroatoms. The van der Waals surface area contributed by atoms with Crippen LogP contribution in [0.4, 0.5) is 0 Å². The molecule has 20 heavy (non-hydrogen) atoms. The Morgan fingerprint density at radius 3 is 2.50 bits per heavy atom. The van der Waals surface area contributed by atoms with Crippen molar-refractivity contribution in [2.75, 3.05) is 6.61 Å². The summed E-state index contributed by atoms with van der Waals surface area (Å²) >= 11 is 0. The Labute approximate surface area is 117 Å². The number of hydrogen-bond acceptors (Lipinski definition) is 3. The normalized spacial score (nSPS) is 10.8. The number of hydrogen-bond donors (Lipinski definition) is 1. The molecular formula is C15H18N2O3. The fraction of sp³-hybridized carbons (Fsp3) is 0.333. The first kappa shape index (κ1) is 14.1. The monoisotopic (exact) mass is 274 g/mol. The highest BCUT2D eigenvalue weighted by Gasteiger charge is 2.16. The van der Waals surface area contributed by atoms with Gasteiger partial charge in [0.15, 0.2) is 5.69 Å². The SMILES string of the molecule is CCOc1ccc(-c2cc(C(=O)O)nn2C(C)C)cc1. The lowest BCUT2D eigenvalue weighted by Crippen LogP contribution is -2.06. The number of carboxylic acid groups (broad SMARTS) is 1. The van der Waals surface area contributed by atoms with Crippen molar-refractivity contribution in [2.24, 2.45) is 0 Å². The highest BCUT2D eigenvalue weighted by atomic mass is 16.5. The summed E-state index contributed by atoms with van der Waals surface area (Å²) in [5, 5.41) is 13.2. The Morgan fingerprint density at radius 1 is 1.35 bits per heavy atom. The van der Waals surface area contributed by atoms with Crippen molar-refractivity contribution in [2.45, 2.75) is 26.8 Å². The van der Waals surface area contributed by atoms with Crippen LogP contribution in [-0.2, 0) is 0 Å². The van der Waals surface area contributed by atoms with Crippen molar-refractivity contribution in [1.29, 1.82) is 0 Å². The van der Waals surface area contributed by atoms with E-state index in [1.54, 1.807) is 10.7 Å². The van der Waals surface area contributed by atoms with Gasteiger partial charge in [0.25, 0.3) is 0 Å². The van der Waals surface area contributed by atoms with Crippen LogP contribution >= 0.6 is 0 Å². The van der Waals surface area contributed by atoms with Gasteiger partial charge < -0.3 is 9.84 Å². The number of nitrogens with zero attached hydrogens (tertiary/aromatic N) is 2. The molecular weight excluding hydrogens is 256 g/mol. The van der Waals surface area contributed by atoms with E-state index < -0.39 is 5.97 Å². The van der Waals surface area contributed by atoms with Gasteiger partial charge in [0, 0.05) is 11.6 Å². The second-order valence-corrected chi connectivity index (χ2v) is 4.72. The van der Waals surface area contributed by atoms with Crippen molar-refractivity contribution in [3.8, 4) is 17.0 Å². The molecule has 2 rings (SSSR count). The van der Waals surface area contributed by atoms with Gasteiger partial charge in [-0.05, 0) is 51.1 Å². The molecule has 0 saturated heterocycles. The zero-order valence-corrected chi connectivity index (χ0v) is 11.8. The average molecular weight is 274 g/mol. The zero-order valence-electron chi connectivity index (χ0n) is 11.8. The predicted molar refractivity (Wildman–Crippen MR) is 76.2 cm³/mol. The Morgan fingerprint density at radius 2 is 2.00 bits per heavy atom. The molecule has 1 N–H and O–H groups in total. The molecule has 5 nitrogen and oxygen atoms in total. The van der Waals surface area contributed by atoms with Crippen LogP contribution in [0, 0.1) is 0 Å². The molecule has 0 radical (unpaired) electrons. The van der Waals surface area contributed by atoms with Gasteiger partial charge in [0.2, 0.25) is 0 Å². The van der Waals surface area contributed by atoms with E-state index in [0.29, 0.717) is 6.61 Å². The predicted octanol–water partition coefficient (Wildman–Crippen LogP) is 3.23. The van der Waals surface area contributed by atoms with E-state index in [1.807, 2.05) is 45.0 Å². The minimum atomic E-state index is -1.02. The molecule has 106 valence electrons. The fourth-order valence-corrected chi connectivity index (χ4v) is 2.00. The summed E-state index contributed by atoms with van der Waals surface area (Å²) in [5.41, 5.74) is 1.77. The van der Waals surface area contributed by atoms with E-state index in [1.165, 1.54) is 0 Å². The first-order valence-electron chi connectivity index (χ1n) is 6.59. The summed E-state index contributed by atoms with van der Waals surface area (Å²) in [5.74, 6) is -0.220. The lowest BCUT2D eigenvalue weighted by atomic mass is 10.1. The smallest absolute Gasteiger partial charge is 0.356 e. The summed E-state index contributed by atoms with van der Waals surface area (Å²) < 4.78 is 7.12. The summed E-state index contributed by atoms with van der Waals surface area (Å²) in [7, 11) is 0. The number of aromatic nitrogens is 2. The molecule has 0 aliphatic rings. The third-order valence-corrected chi connectivity index (χ3v) is 2.91. The van der Waals surface area contributed by atoms with Crippen molar-refractivity contribution in [3.63, 3.8) is 0 Å². The van der Waals surface area contributed by atoms with Gasteiger partial charge in [-0.15, -0.1) is 0 Å². The van der Waals surface area contributed by atoms with Crippen LogP contribution in [0.15, 0.2) is 30.3 Å². The maximum absolute atomic E-state index is 11.1. The van der Waals surface area contributed by atoms with Crippen LogP contribution in [-0.4, -0.2) is 27.5 Å². The summed E-state index contributed by atoms with van der Waals surface area (Å²) in [4.78, 5) is 11.1. The van der Waals surface area contributed by atoms with Crippen LogP contribution in [0.5, 0.6) is 5.75 Å². The quantitative estimate of drug-likeness (QED) is 0.909. The van der Waals surface area contributed by atoms with Crippen LogP contribution in [0.2, 0.25) is 0 Å². The molecule has 1 aromatic carbocycles. The van der Waals surface area contributed by atoms with Crippen molar-refractivity contribution < 1.29 is 14.6 Å². The highest BCUT2D eigenvalue weighted by molar-refractivity contribution is 5.87. The number of aromatic carboxylic acids is 1. The van der Waals surface area contributed by atoms with E-state index in [9.17, 15) is 4.79 Å². The Hall–Kier alpha value is -2.30. The first-order chi connectivity index (χ1) is 9.52. The maximum atomic E-state index is 11.1. The lowest BCUT2D eigenvalue weighted by molar-refractivity contribution is 0.0689. The number of carbonyl (C=O) groups is 1. The lowest BCUT2D eigenvalue weighted by Gasteiger charge is -2.11. The summed E-state index contributed by atoms with van der Waals surface area (Å²) in [6.07, 6.45) is 0. The van der Waals surface area contributed by atoms with Crippen LogP contribution in [0.3, 0.4) is 0 Å². The molecule has 1 heterocycles. The van der Waals surface area contributed by atoms with Gasteiger partial charge in [0.05, 0.1) is 12.3 Å². The summed E-state index contributed by atoms with van der Waals surface area (Å²) in [6, 6.07) is 9.25. The van der Waals surface area contributed by atoms with Gasteiger partial charge in [-0.1, -0.05) is 0 Å². The van der Waals surface area contributed by atoms with Crippen molar-refractivity contribution in [1.82, 2.24) is 9.78 Å². The third kappa shape index (κ3) is 2.82. The van der Waals surface area contributed by atoms with Crippen molar-refractivity contribution >= 4 is 5.97 Å². The molecule has 0 saturated carbocycles. The second kappa shape index (κ2) is 5.77. The van der Waals surface area contributed by atoms with E-state index in [-0.39, 0.29) is 11.7 Å². The van der Waals surface area contributed by atoms with Gasteiger partial charge in [0.1, 0.15) is 5.75 Å². The molecule has 0 unspecified atom stereocenters. The molecule has 0 bridgehead atoms. The first-order valence-corrected chi connectivity index (χ1v) is 6.59. The number of benzene rings is 1.